The molecule has 3 N–H and O–H groups in total. The van der Waals surface area contributed by atoms with Crippen LogP contribution in [0.1, 0.15) is 10.4 Å². The van der Waals surface area contributed by atoms with E-state index in [0.29, 0.717) is 6.07 Å². The van der Waals surface area contributed by atoms with Gasteiger partial charge in [-0.15, -0.1) is 0 Å². The third kappa shape index (κ3) is 3.25. The van der Waals surface area contributed by atoms with Gasteiger partial charge in [0.05, 0.1) is 0 Å². The second-order valence-corrected chi connectivity index (χ2v) is 7.48. The summed E-state index contributed by atoms with van der Waals surface area (Å²) in [6, 6.07) is 4.05. The van der Waals surface area contributed by atoms with Gasteiger partial charge in [-0.1, -0.05) is 12.1 Å². The van der Waals surface area contributed by atoms with Crippen LogP contribution in [0.3, 0.4) is 0 Å². The summed E-state index contributed by atoms with van der Waals surface area (Å²) in [7, 11) is -9.69. The van der Waals surface area contributed by atoms with Gasteiger partial charge in [0, 0.05) is 10.8 Å². The van der Waals surface area contributed by atoms with Crippen molar-refractivity contribution in [3.05, 3.63) is 29.8 Å². The van der Waals surface area contributed by atoms with Crippen LogP contribution in [0.2, 0.25) is 0 Å². The van der Waals surface area contributed by atoms with Crippen LogP contribution >= 0.6 is 23.0 Å². The zero-order valence-electron chi connectivity index (χ0n) is 10.8. The Morgan fingerprint density at radius 1 is 1.00 bits per heavy atom. The molecule has 0 heterocycles. The molecule has 0 aliphatic carbocycles. The molecule has 0 spiro atoms. The van der Waals surface area contributed by atoms with Crippen LogP contribution < -0.4 is 3.07 Å². The van der Waals surface area contributed by atoms with Crippen molar-refractivity contribution in [2.75, 3.05) is 0 Å². The number of fused-ring (bicyclic) bond motifs is 1. The summed E-state index contributed by atoms with van der Waals surface area (Å²) in [5.74, 6) is -2.28. The predicted octanol–water partition coefficient (Wildman–Crippen LogP) is 1.76. The number of halogens is 1. The summed E-state index contributed by atoms with van der Waals surface area (Å²) in [6.45, 7) is 0. The lowest BCUT2D eigenvalue weighted by Gasteiger charge is -2.13. The van der Waals surface area contributed by atoms with E-state index in [9.17, 15) is 35.8 Å². The van der Waals surface area contributed by atoms with Crippen molar-refractivity contribution in [3.8, 4) is 5.75 Å². The second-order valence-electron chi connectivity index (χ2n) is 4.26. The Morgan fingerprint density at radius 2 is 1.57 bits per heavy atom. The summed E-state index contributed by atoms with van der Waals surface area (Å²) in [4.78, 5) is 9.82. The van der Waals surface area contributed by atoms with Crippen molar-refractivity contribution < 1.29 is 38.9 Å². The molecular formula is C11H7IO9S2. The third-order valence-corrected chi connectivity index (χ3v) is 5.12. The zero-order chi connectivity index (χ0) is 17.6. The normalized spacial score (nSPS) is 12.3. The summed E-state index contributed by atoms with van der Waals surface area (Å²) >= 11 is 1.23. The molecule has 12 heteroatoms. The Bertz CT molecular complexity index is 1030. The van der Waals surface area contributed by atoms with Crippen molar-refractivity contribution >= 4 is 60.0 Å². The van der Waals surface area contributed by atoms with E-state index in [1.807, 2.05) is 0 Å². The quantitative estimate of drug-likeness (QED) is 0.444. The average Bonchev–Trinajstić information content (AvgIpc) is 2.41. The minimum atomic E-state index is -4.92. The van der Waals surface area contributed by atoms with E-state index in [1.54, 1.807) is 0 Å². The molecular weight excluding hydrogens is 467 g/mol. The van der Waals surface area contributed by atoms with E-state index in [1.165, 1.54) is 35.1 Å². The highest BCUT2D eigenvalue weighted by Gasteiger charge is 2.28. The van der Waals surface area contributed by atoms with Crippen molar-refractivity contribution in [1.82, 2.24) is 0 Å². The second kappa shape index (κ2) is 5.86. The van der Waals surface area contributed by atoms with Gasteiger partial charge in [-0.2, -0.15) is 16.8 Å². The lowest BCUT2D eigenvalue weighted by molar-refractivity contribution is 0.0697. The fourth-order valence-corrected chi connectivity index (χ4v) is 4.01. The number of carboxylic acid groups (broad SMARTS) is 1. The topological polar surface area (TPSA) is 155 Å². The number of carbonyl (C=O) groups is 1. The lowest BCUT2D eigenvalue weighted by atomic mass is 10.0. The average molecular weight is 474 g/mol. The molecule has 0 aromatic heterocycles. The van der Waals surface area contributed by atoms with Gasteiger partial charge in [0.25, 0.3) is 20.2 Å². The molecule has 124 valence electrons. The Balaban J connectivity index is 3.20. The SMILES string of the molecule is O=C(O)c1c(OI)c(S(=O)(=O)O)cc2c(S(=O)(=O)O)cccc12. The number of aromatic carboxylic acids is 1. The van der Waals surface area contributed by atoms with Gasteiger partial charge in [0.15, 0.2) is 28.8 Å². The first-order valence-corrected chi connectivity index (χ1v) is 9.31. The smallest absolute Gasteiger partial charge is 0.340 e. The summed E-state index contributed by atoms with van der Waals surface area (Å²) in [5.41, 5.74) is -0.671. The van der Waals surface area contributed by atoms with Crippen molar-refractivity contribution in [1.29, 1.82) is 0 Å². The maximum atomic E-state index is 11.5. The highest BCUT2D eigenvalue weighted by molar-refractivity contribution is 14.1. The van der Waals surface area contributed by atoms with E-state index in [2.05, 4.69) is 0 Å². The number of carboxylic acids is 1. The van der Waals surface area contributed by atoms with E-state index in [-0.39, 0.29) is 5.39 Å². The maximum absolute atomic E-state index is 11.5. The molecule has 0 saturated carbocycles. The molecule has 0 atom stereocenters. The van der Waals surface area contributed by atoms with Crippen LogP contribution in [0.5, 0.6) is 5.75 Å². The molecule has 2 aromatic rings. The van der Waals surface area contributed by atoms with Gasteiger partial charge >= 0.3 is 5.97 Å². The van der Waals surface area contributed by atoms with Crippen molar-refractivity contribution in [3.63, 3.8) is 0 Å². The Hall–Kier alpha value is -1.48. The van der Waals surface area contributed by atoms with Crippen molar-refractivity contribution in [2.45, 2.75) is 9.79 Å². The van der Waals surface area contributed by atoms with Crippen LogP contribution in [0.25, 0.3) is 10.8 Å². The Kier molecular flexibility index (Phi) is 4.55. The minimum Gasteiger partial charge on any atom is -0.478 e. The lowest BCUT2D eigenvalue weighted by Crippen LogP contribution is -2.09. The molecule has 23 heavy (non-hydrogen) atoms. The van der Waals surface area contributed by atoms with E-state index in [0.717, 1.165) is 6.07 Å². The first-order chi connectivity index (χ1) is 10.5. The van der Waals surface area contributed by atoms with Crippen LogP contribution in [0, 0.1) is 0 Å². The van der Waals surface area contributed by atoms with E-state index < -0.39 is 52.7 Å². The summed E-state index contributed by atoms with van der Waals surface area (Å²) in [5, 5.41) is 8.73. The summed E-state index contributed by atoms with van der Waals surface area (Å²) < 4.78 is 68.9. The number of benzene rings is 2. The minimum absolute atomic E-state index is 0.188. The van der Waals surface area contributed by atoms with Gasteiger partial charge < -0.3 is 8.17 Å². The van der Waals surface area contributed by atoms with E-state index in [4.69, 9.17) is 3.07 Å². The predicted molar refractivity (Wildman–Crippen MR) is 85.2 cm³/mol. The van der Waals surface area contributed by atoms with Crippen LogP contribution in [-0.4, -0.2) is 37.0 Å². The standard InChI is InChI=1S/C11H7IO9S2/c12-21-10-8(23(18,19)20)4-6-5(9(10)11(13)14)2-1-3-7(6)22(15,16)17/h1-4H,(H,13,14)(H,15,16,17)(H,18,19,20). The fourth-order valence-electron chi connectivity index (χ4n) is 2.06. The third-order valence-electron chi connectivity index (χ3n) is 2.91. The Labute approximate surface area is 144 Å². The first-order valence-electron chi connectivity index (χ1n) is 5.55. The largest absolute Gasteiger partial charge is 0.478 e. The van der Waals surface area contributed by atoms with Gasteiger partial charge in [-0.3, -0.25) is 9.11 Å². The van der Waals surface area contributed by atoms with Gasteiger partial charge in [0.1, 0.15) is 15.4 Å². The molecule has 0 saturated heterocycles. The van der Waals surface area contributed by atoms with Crippen LogP contribution in [-0.2, 0) is 20.2 Å². The van der Waals surface area contributed by atoms with Crippen LogP contribution in [0.4, 0.5) is 0 Å². The molecule has 0 aliphatic rings. The Morgan fingerprint density at radius 3 is 2.00 bits per heavy atom. The molecule has 2 aromatic carbocycles. The fraction of sp³-hybridized carbons (Fsp3) is 0. The van der Waals surface area contributed by atoms with Gasteiger partial charge in [-0.25, -0.2) is 4.79 Å². The highest BCUT2D eigenvalue weighted by atomic mass is 127. The van der Waals surface area contributed by atoms with Crippen LogP contribution in [0.15, 0.2) is 34.1 Å². The number of hydrogen-bond acceptors (Lipinski definition) is 6. The monoisotopic (exact) mass is 474 g/mol. The molecule has 0 aliphatic heterocycles. The molecule has 0 fully saturated rings. The highest BCUT2D eigenvalue weighted by Crippen LogP contribution is 2.38. The molecule has 0 amide bonds. The maximum Gasteiger partial charge on any atom is 0.340 e. The number of hydrogen-bond donors (Lipinski definition) is 3. The molecule has 0 bridgehead atoms. The summed E-state index contributed by atoms with van der Waals surface area (Å²) in [6.07, 6.45) is 0. The molecule has 0 unspecified atom stereocenters. The molecule has 9 nitrogen and oxygen atoms in total. The van der Waals surface area contributed by atoms with Crippen molar-refractivity contribution in [2.24, 2.45) is 0 Å². The zero-order valence-corrected chi connectivity index (χ0v) is 14.6. The van der Waals surface area contributed by atoms with E-state index >= 15 is 0 Å². The van der Waals surface area contributed by atoms with Gasteiger partial charge in [0.2, 0.25) is 0 Å². The molecule has 2 rings (SSSR count). The first kappa shape index (κ1) is 17.9. The number of rotatable bonds is 4. The van der Waals surface area contributed by atoms with Gasteiger partial charge in [-0.05, 0) is 12.1 Å². The molecule has 0 radical (unpaired) electrons.